The van der Waals surface area contributed by atoms with Crippen molar-refractivity contribution in [1.29, 1.82) is 0 Å². The molecule has 0 aliphatic rings. The van der Waals surface area contributed by atoms with Crippen molar-refractivity contribution in [2.45, 2.75) is 26.9 Å². The van der Waals surface area contributed by atoms with Crippen LogP contribution in [0.5, 0.6) is 5.75 Å². The Morgan fingerprint density at radius 1 is 1.10 bits per heavy atom. The summed E-state index contributed by atoms with van der Waals surface area (Å²) in [6.45, 7) is 3.91. The Bertz CT molecular complexity index is 1090. The normalized spacial score (nSPS) is 11.0. The minimum atomic E-state index is -1.17. The first-order chi connectivity index (χ1) is 14.3. The second-order valence-corrected chi connectivity index (χ2v) is 7.99. The first-order valence-corrected chi connectivity index (χ1v) is 10.1. The highest BCUT2D eigenvalue weighted by Crippen LogP contribution is 2.33. The third-order valence-corrected chi connectivity index (χ3v) is 5.26. The summed E-state index contributed by atoms with van der Waals surface area (Å²) < 4.78 is 20.2. The maximum atomic E-state index is 14.5. The first-order valence-electron chi connectivity index (χ1n) is 9.35. The molecule has 0 aliphatic heterocycles. The van der Waals surface area contributed by atoms with Crippen molar-refractivity contribution in [3.05, 3.63) is 81.3 Å². The van der Waals surface area contributed by atoms with Crippen LogP contribution in [0.4, 0.5) is 4.39 Å². The summed E-state index contributed by atoms with van der Waals surface area (Å²) in [6, 6.07) is 12.7. The van der Waals surface area contributed by atoms with Crippen molar-refractivity contribution in [2.24, 2.45) is 5.92 Å². The Morgan fingerprint density at radius 3 is 2.50 bits per heavy atom. The van der Waals surface area contributed by atoms with Crippen LogP contribution >= 0.6 is 23.2 Å². The average molecular weight is 448 g/mol. The molecule has 0 atom stereocenters. The zero-order valence-corrected chi connectivity index (χ0v) is 18.0. The number of rotatable bonds is 7. The second-order valence-electron chi connectivity index (χ2n) is 7.20. The van der Waals surface area contributed by atoms with E-state index < -0.39 is 11.8 Å². The highest BCUT2D eigenvalue weighted by molar-refractivity contribution is 6.42. The van der Waals surface area contributed by atoms with Gasteiger partial charge in [-0.05, 0) is 36.6 Å². The molecule has 1 aromatic heterocycles. The fraction of sp³-hybridized carbons (Fsp3) is 0.217. The molecule has 0 fully saturated rings. The molecule has 3 aromatic rings. The molecule has 30 heavy (non-hydrogen) atoms. The summed E-state index contributed by atoms with van der Waals surface area (Å²) in [5, 5.41) is 10.3. The van der Waals surface area contributed by atoms with Gasteiger partial charge in [-0.3, -0.25) is 4.98 Å². The number of aromatic carboxylic acids is 1. The Balaban J connectivity index is 2.07. The Kier molecular flexibility index (Phi) is 6.95. The fourth-order valence-corrected chi connectivity index (χ4v) is 3.43. The number of carboxylic acid groups (broad SMARTS) is 1. The van der Waals surface area contributed by atoms with Crippen LogP contribution in [0.25, 0.3) is 11.1 Å². The molecule has 0 unspecified atom stereocenters. The Morgan fingerprint density at radius 2 is 1.83 bits per heavy atom. The number of benzene rings is 2. The lowest BCUT2D eigenvalue weighted by molar-refractivity contribution is 0.0693. The number of pyridine rings is 1. The van der Waals surface area contributed by atoms with E-state index >= 15 is 0 Å². The fourth-order valence-electron chi connectivity index (χ4n) is 3.09. The molecule has 1 N–H and O–H groups in total. The minimum Gasteiger partial charge on any atom is -0.486 e. The summed E-state index contributed by atoms with van der Waals surface area (Å²) in [7, 11) is 0. The molecule has 0 saturated heterocycles. The zero-order valence-electron chi connectivity index (χ0n) is 16.5. The van der Waals surface area contributed by atoms with Crippen LogP contribution in [-0.4, -0.2) is 16.1 Å². The van der Waals surface area contributed by atoms with E-state index in [1.54, 1.807) is 36.4 Å². The van der Waals surface area contributed by atoms with Crippen LogP contribution < -0.4 is 4.74 Å². The smallest absolute Gasteiger partial charge is 0.337 e. The van der Waals surface area contributed by atoms with Gasteiger partial charge in [0.15, 0.2) is 0 Å². The monoisotopic (exact) mass is 447 g/mol. The van der Waals surface area contributed by atoms with Crippen LogP contribution in [-0.2, 0) is 13.0 Å². The summed E-state index contributed by atoms with van der Waals surface area (Å²) in [5.74, 6) is -1.05. The molecule has 0 bridgehead atoms. The van der Waals surface area contributed by atoms with Gasteiger partial charge in [-0.1, -0.05) is 61.3 Å². The molecule has 7 heteroatoms. The molecule has 0 saturated carbocycles. The summed E-state index contributed by atoms with van der Waals surface area (Å²) in [6.07, 6.45) is 0.550. The third kappa shape index (κ3) is 4.91. The highest BCUT2D eigenvalue weighted by atomic mass is 35.5. The van der Waals surface area contributed by atoms with Crippen LogP contribution in [0.2, 0.25) is 10.0 Å². The number of hydrogen-bond acceptors (Lipinski definition) is 3. The van der Waals surface area contributed by atoms with Gasteiger partial charge in [0.25, 0.3) is 0 Å². The van der Waals surface area contributed by atoms with Gasteiger partial charge in [-0.25, -0.2) is 9.18 Å². The van der Waals surface area contributed by atoms with Crippen molar-refractivity contribution in [1.82, 2.24) is 4.98 Å². The van der Waals surface area contributed by atoms with Crippen molar-refractivity contribution in [3.63, 3.8) is 0 Å². The van der Waals surface area contributed by atoms with E-state index in [2.05, 4.69) is 4.98 Å². The maximum Gasteiger partial charge on any atom is 0.337 e. The summed E-state index contributed by atoms with van der Waals surface area (Å²) in [4.78, 5) is 16.5. The van der Waals surface area contributed by atoms with Crippen LogP contribution in [0.3, 0.4) is 0 Å². The van der Waals surface area contributed by atoms with Crippen molar-refractivity contribution in [2.75, 3.05) is 0 Å². The molecule has 0 aliphatic carbocycles. The van der Waals surface area contributed by atoms with Gasteiger partial charge < -0.3 is 9.84 Å². The van der Waals surface area contributed by atoms with Gasteiger partial charge in [0.2, 0.25) is 0 Å². The molecule has 156 valence electrons. The highest BCUT2D eigenvalue weighted by Gasteiger charge is 2.21. The molecule has 4 nitrogen and oxygen atoms in total. The van der Waals surface area contributed by atoms with Crippen LogP contribution in [0.1, 0.15) is 35.6 Å². The largest absolute Gasteiger partial charge is 0.486 e. The van der Waals surface area contributed by atoms with Crippen molar-refractivity contribution in [3.8, 4) is 16.9 Å². The van der Waals surface area contributed by atoms with Gasteiger partial charge in [-0.15, -0.1) is 0 Å². The predicted octanol–water partition coefficient (Wildman–Crippen LogP) is 6.67. The average Bonchev–Trinajstić information content (AvgIpc) is 2.69. The maximum absolute atomic E-state index is 14.5. The van der Waals surface area contributed by atoms with Gasteiger partial charge in [0.05, 0.1) is 16.3 Å². The zero-order chi connectivity index (χ0) is 21.8. The van der Waals surface area contributed by atoms with Gasteiger partial charge in [-0.2, -0.15) is 0 Å². The van der Waals surface area contributed by atoms with Crippen molar-refractivity contribution >= 4 is 29.2 Å². The predicted molar refractivity (Wildman–Crippen MR) is 116 cm³/mol. The van der Waals surface area contributed by atoms with E-state index in [0.29, 0.717) is 34.0 Å². The van der Waals surface area contributed by atoms with Crippen LogP contribution in [0, 0.1) is 11.7 Å². The molecule has 3 rings (SSSR count). The van der Waals surface area contributed by atoms with E-state index in [0.717, 1.165) is 0 Å². The Hall–Kier alpha value is -2.63. The Labute approximate surface area is 184 Å². The molecule has 0 amide bonds. The lowest BCUT2D eigenvalue weighted by atomic mass is 9.95. The number of carbonyl (C=O) groups is 1. The summed E-state index contributed by atoms with van der Waals surface area (Å²) in [5.41, 5.74) is 1.56. The van der Waals surface area contributed by atoms with Gasteiger partial charge >= 0.3 is 5.97 Å². The first kappa shape index (κ1) is 22.1. The lowest BCUT2D eigenvalue weighted by Gasteiger charge is -2.17. The molecule has 0 spiro atoms. The molecule has 0 radical (unpaired) electrons. The number of carboxylic acids is 1. The van der Waals surface area contributed by atoms with E-state index in [1.807, 2.05) is 13.8 Å². The number of hydrogen-bond donors (Lipinski definition) is 1. The van der Waals surface area contributed by atoms with Gasteiger partial charge in [0, 0.05) is 16.8 Å². The molecule has 1 heterocycles. The van der Waals surface area contributed by atoms with E-state index in [-0.39, 0.29) is 28.8 Å². The van der Waals surface area contributed by atoms with Gasteiger partial charge in [0.1, 0.15) is 23.2 Å². The number of aromatic nitrogens is 1. The van der Waals surface area contributed by atoms with E-state index in [9.17, 15) is 14.3 Å². The lowest BCUT2D eigenvalue weighted by Crippen LogP contribution is -2.13. The number of halogens is 3. The third-order valence-electron chi connectivity index (χ3n) is 4.46. The SMILES string of the molecule is CC(C)Cc1nc(COc2cccc(Cl)c2Cl)c(C(=O)O)cc1-c1ccccc1F. The van der Waals surface area contributed by atoms with E-state index in [4.69, 9.17) is 27.9 Å². The standard InChI is InChI=1S/C23H20Cl2FNO3/c1-13(2)10-19-15(14-6-3-4-8-18(14)26)11-16(23(28)29)20(27-19)12-30-21-9-5-7-17(24)22(21)25/h3-9,11,13H,10,12H2,1-2H3,(H,28,29). The van der Waals surface area contributed by atoms with E-state index in [1.165, 1.54) is 12.1 Å². The molecular formula is C23H20Cl2FNO3. The molecular weight excluding hydrogens is 428 g/mol. The molecule has 2 aromatic carbocycles. The topological polar surface area (TPSA) is 59.4 Å². The van der Waals surface area contributed by atoms with Crippen LogP contribution in [0.15, 0.2) is 48.5 Å². The number of ether oxygens (including phenoxy) is 1. The second kappa shape index (κ2) is 9.45. The van der Waals surface area contributed by atoms with Crippen molar-refractivity contribution < 1.29 is 19.0 Å². The summed E-state index contributed by atoms with van der Waals surface area (Å²) >= 11 is 12.2. The quantitative estimate of drug-likeness (QED) is 0.439. The number of nitrogens with zero attached hydrogens (tertiary/aromatic N) is 1. The minimum absolute atomic E-state index is 0.0566.